The highest BCUT2D eigenvalue weighted by Crippen LogP contribution is 2.34. The van der Waals surface area contributed by atoms with Crippen LogP contribution in [0.5, 0.6) is 11.5 Å². The van der Waals surface area contributed by atoms with Gasteiger partial charge < -0.3 is 14.8 Å². The number of carbonyl (C=O) groups excluding carboxylic acids is 2. The number of hydrogen-bond donors (Lipinski definition) is 1. The van der Waals surface area contributed by atoms with Crippen molar-refractivity contribution in [1.82, 2.24) is 15.2 Å². The van der Waals surface area contributed by atoms with Gasteiger partial charge in [-0.15, -0.1) is 10.2 Å². The molecule has 0 bridgehead atoms. The number of aromatic nitrogens is 2. The molecular weight excluding hydrogens is 521 g/mol. The summed E-state index contributed by atoms with van der Waals surface area (Å²) >= 11 is 6.91. The van der Waals surface area contributed by atoms with Crippen LogP contribution in [0.1, 0.15) is 35.0 Å². The van der Waals surface area contributed by atoms with E-state index in [-0.39, 0.29) is 33.6 Å². The molecular formula is C25H23ClFN5O4S. The van der Waals surface area contributed by atoms with E-state index in [2.05, 4.69) is 20.6 Å². The highest BCUT2D eigenvalue weighted by atomic mass is 35.5. The third-order valence-electron chi connectivity index (χ3n) is 5.44. The summed E-state index contributed by atoms with van der Waals surface area (Å²) < 4.78 is 23.0. The SMILES string of the molecule is CCC1SC(=O)N(Cc2ccc(NC(=O)c3ccc(Cl)nn3)cc2)N=C1c1ccc(OCF)c(OC)c1. The number of carbonyl (C=O) groups is 2. The first-order valence-corrected chi connectivity index (χ1v) is 12.5. The number of amides is 2. The van der Waals surface area contributed by atoms with Crippen LogP contribution in [0.3, 0.4) is 0 Å². The first-order chi connectivity index (χ1) is 17.9. The molecule has 1 N–H and O–H groups in total. The Kier molecular flexibility index (Phi) is 8.57. The van der Waals surface area contributed by atoms with Crippen molar-refractivity contribution in [1.29, 1.82) is 0 Å². The average molecular weight is 544 g/mol. The molecule has 0 fully saturated rings. The number of anilines is 1. The normalized spacial score (nSPS) is 15.2. The molecule has 192 valence electrons. The second-order valence-electron chi connectivity index (χ2n) is 7.83. The molecule has 1 aliphatic rings. The largest absolute Gasteiger partial charge is 0.493 e. The van der Waals surface area contributed by atoms with E-state index >= 15 is 0 Å². The van der Waals surface area contributed by atoms with Gasteiger partial charge in [0.25, 0.3) is 5.91 Å². The summed E-state index contributed by atoms with van der Waals surface area (Å²) in [5.41, 5.74) is 2.98. The predicted octanol–water partition coefficient (Wildman–Crippen LogP) is 5.55. The Hall–Kier alpha value is -3.70. The van der Waals surface area contributed by atoms with E-state index < -0.39 is 12.8 Å². The molecule has 9 nitrogen and oxygen atoms in total. The number of rotatable bonds is 9. The van der Waals surface area contributed by atoms with Gasteiger partial charge >= 0.3 is 5.24 Å². The summed E-state index contributed by atoms with van der Waals surface area (Å²) in [6.07, 6.45) is 0.695. The number of thioether (sulfide) groups is 1. The van der Waals surface area contributed by atoms with Gasteiger partial charge in [0, 0.05) is 11.3 Å². The molecule has 0 saturated heterocycles. The summed E-state index contributed by atoms with van der Waals surface area (Å²) in [5.74, 6) is 0.246. The molecule has 0 saturated carbocycles. The lowest BCUT2D eigenvalue weighted by Gasteiger charge is -2.28. The zero-order valence-electron chi connectivity index (χ0n) is 20.0. The fraction of sp³-hybridized carbons (Fsp3) is 0.240. The van der Waals surface area contributed by atoms with Crippen molar-refractivity contribution >= 4 is 45.9 Å². The van der Waals surface area contributed by atoms with Crippen molar-refractivity contribution in [3.05, 3.63) is 76.6 Å². The quantitative estimate of drug-likeness (QED) is 0.377. The second kappa shape index (κ2) is 12.0. The number of benzene rings is 2. The molecule has 0 spiro atoms. The molecule has 0 aliphatic carbocycles. The fourth-order valence-electron chi connectivity index (χ4n) is 3.60. The average Bonchev–Trinajstić information content (AvgIpc) is 2.91. The number of nitrogens with zero attached hydrogens (tertiary/aromatic N) is 4. The maximum atomic E-state index is 12.8. The van der Waals surface area contributed by atoms with E-state index in [4.69, 9.17) is 21.1 Å². The number of methoxy groups -OCH3 is 1. The van der Waals surface area contributed by atoms with Crippen molar-refractivity contribution in [2.75, 3.05) is 19.3 Å². The molecule has 37 heavy (non-hydrogen) atoms. The van der Waals surface area contributed by atoms with Crippen LogP contribution < -0.4 is 14.8 Å². The lowest BCUT2D eigenvalue weighted by atomic mass is 10.0. The molecule has 0 radical (unpaired) electrons. The Morgan fingerprint density at radius 2 is 1.92 bits per heavy atom. The maximum Gasteiger partial charge on any atom is 0.302 e. The molecule has 2 heterocycles. The summed E-state index contributed by atoms with van der Waals surface area (Å²) in [7, 11) is 1.48. The van der Waals surface area contributed by atoms with Gasteiger partial charge in [-0.3, -0.25) is 9.59 Å². The molecule has 12 heteroatoms. The molecule has 1 aromatic heterocycles. The molecule has 1 aliphatic heterocycles. The number of hydrogen-bond acceptors (Lipinski definition) is 8. The zero-order chi connectivity index (χ0) is 26.4. The van der Waals surface area contributed by atoms with Gasteiger partial charge in [0.2, 0.25) is 6.86 Å². The number of hydrazone groups is 1. The van der Waals surface area contributed by atoms with Gasteiger partial charge in [0.1, 0.15) is 0 Å². The van der Waals surface area contributed by atoms with Crippen LogP contribution in [0.2, 0.25) is 5.15 Å². The molecule has 3 aromatic rings. The summed E-state index contributed by atoms with van der Waals surface area (Å²) in [5, 5.41) is 16.1. The summed E-state index contributed by atoms with van der Waals surface area (Å²) in [6.45, 7) is 1.25. The Morgan fingerprint density at radius 1 is 1.14 bits per heavy atom. The number of ether oxygens (including phenoxy) is 2. The predicted molar refractivity (Wildman–Crippen MR) is 140 cm³/mol. The minimum atomic E-state index is -0.968. The van der Waals surface area contributed by atoms with Gasteiger partial charge in [-0.1, -0.05) is 42.4 Å². The van der Waals surface area contributed by atoms with E-state index in [1.54, 1.807) is 42.5 Å². The summed E-state index contributed by atoms with van der Waals surface area (Å²) in [4.78, 5) is 25.2. The minimum absolute atomic E-state index is 0.137. The first kappa shape index (κ1) is 26.4. The third-order valence-corrected chi connectivity index (χ3v) is 6.89. The van der Waals surface area contributed by atoms with Crippen LogP contribution in [-0.4, -0.2) is 51.3 Å². The standard InChI is InChI=1S/C25H23ClFN5O4S/c1-3-21-23(16-6-10-19(36-14-27)20(12-16)35-2)31-32(25(34)37-21)13-15-4-7-17(8-5-15)28-24(33)18-9-11-22(26)30-29-18/h4-12,21H,3,13-14H2,1-2H3,(H,28,33). The lowest BCUT2D eigenvalue weighted by molar-refractivity contribution is 0.102. The van der Waals surface area contributed by atoms with Crippen LogP contribution in [0.4, 0.5) is 14.9 Å². The minimum Gasteiger partial charge on any atom is -0.493 e. The van der Waals surface area contributed by atoms with Crippen LogP contribution in [0, 0.1) is 0 Å². The van der Waals surface area contributed by atoms with E-state index in [1.807, 2.05) is 6.92 Å². The van der Waals surface area contributed by atoms with Gasteiger partial charge in [-0.05, 0) is 54.4 Å². The van der Waals surface area contributed by atoms with E-state index in [1.165, 1.54) is 36.0 Å². The highest BCUT2D eigenvalue weighted by Gasteiger charge is 2.30. The van der Waals surface area contributed by atoms with Crippen molar-refractivity contribution in [3.8, 4) is 11.5 Å². The van der Waals surface area contributed by atoms with E-state index in [0.717, 1.165) is 11.1 Å². The van der Waals surface area contributed by atoms with Crippen LogP contribution in [0.25, 0.3) is 0 Å². The van der Waals surface area contributed by atoms with Crippen LogP contribution >= 0.6 is 23.4 Å². The van der Waals surface area contributed by atoms with Crippen molar-refractivity contribution in [3.63, 3.8) is 0 Å². The number of nitrogens with one attached hydrogen (secondary N) is 1. The van der Waals surface area contributed by atoms with Crippen molar-refractivity contribution < 1.29 is 23.5 Å². The summed E-state index contributed by atoms with van der Waals surface area (Å²) in [6, 6.07) is 15.1. The number of alkyl halides is 1. The van der Waals surface area contributed by atoms with Crippen LogP contribution in [0.15, 0.2) is 59.7 Å². The second-order valence-corrected chi connectivity index (χ2v) is 9.38. The molecule has 1 atom stereocenters. The maximum absolute atomic E-state index is 12.8. The third kappa shape index (κ3) is 6.36. The highest BCUT2D eigenvalue weighted by molar-refractivity contribution is 8.14. The zero-order valence-corrected chi connectivity index (χ0v) is 21.6. The van der Waals surface area contributed by atoms with E-state index in [9.17, 15) is 14.0 Å². The Labute approximate surface area is 222 Å². The first-order valence-electron chi connectivity index (χ1n) is 11.2. The Balaban J connectivity index is 1.51. The van der Waals surface area contributed by atoms with Gasteiger partial charge in [-0.25, -0.2) is 9.40 Å². The molecule has 4 rings (SSSR count). The Bertz CT molecular complexity index is 1310. The van der Waals surface area contributed by atoms with Crippen molar-refractivity contribution in [2.45, 2.75) is 25.1 Å². The smallest absolute Gasteiger partial charge is 0.302 e. The lowest BCUT2D eigenvalue weighted by Crippen LogP contribution is -2.34. The monoisotopic (exact) mass is 543 g/mol. The van der Waals surface area contributed by atoms with Gasteiger partial charge in [0.05, 0.1) is 24.6 Å². The van der Waals surface area contributed by atoms with Crippen LogP contribution in [-0.2, 0) is 6.54 Å². The number of halogens is 2. The van der Waals surface area contributed by atoms with E-state index in [0.29, 0.717) is 23.6 Å². The fourth-order valence-corrected chi connectivity index (χ4v) is 4.63. The topological polar surface area (TPSA) is 106 Å². The van der Waals surface area contributed by atoms with Gasteiger partial charge in [-0.2, -0.15) is 5.10 Å². The van der Waals surface area contributed by atoms with Crippen molar-refractivity contribution in [2.24, 2.45) is 5.10 Å². The Morgan fingerprint density at radius 3 is 2.57 bits per heavy atom. The molecule has 2 amide bonds. The van der Waals surface area contributed by atoms with Gasteiger partial charge in [0.15, 0.2) is 22.3 Å². The molecule has 2 aromatic carbocycles. The molecule has 1 unspecified atom stereocenters.